The standard InChI is InChI=1S/C12H18N6O/c1-12(2,3)8-7(4-5-19-8)9-15-11(18-17-9)10-13-6-14-16-10/h6-8H,4-5H2,1-3H3,(H,13,14,16)(H,15,17,18)/t7-,8-/m1/s1. The Morgan fingerprint density at radius 1 is 1.32 bits per heavy atom. The smallest absolute Gasteiger partial charge is 0.218 e. The fourth-order valence-corrected chi connectivity index (χ4v) is 2.58. The number of ether oxygens (including phenoxy) is 1. The molecule has 0 aromatic carbocycles. The number of hydrogen-bond donors (Lipinski definition) is 2. The van der Waals surface area contributed by atoms with E-state index in [0.717, 1.165) is 18.9 Å². The molecule has 3 heterocycles. The number of aromatic amines is 2. The summed E-state index contributed by atoms with van der Waals surface area (Å²) in [7, 11) is 0. The molecule has 1 aliphatic rings. The summed E-state index contributed by atoms with van der Waals surface area (Å²) in [6.45, 7) is 7.32. The lowest BCUT2D eigenvalue weighted by molar-refractivity contribution is 0.0197. The van der Waals surface area contributed by atoms with Gasteiger partial charge in [0.1, 0.15) is 12.2 Å². The van der Waals surface area contributed by atoms with Gasteiger partial charge in [0, 0.05) is 12.5 Å². The maximum Gasteiger partial charge on any atom is 0.218 e. The van der Waals surface area contributed by atoms with Gasteiger partial charge in [0.15, 0.2) is 5.82 Å². The predicted molar refractivity (Wildman–Crippen MR) is 68.3 cm³/mol. The molecule has 0 aliphatic carbocycles. The molecule has 1 fully saturated rings. The van der Waals surface area contributed by atoms with Gasteiger partial charge in [-0.1, -0.05) is 20.8 Å². The van der Waals surface area contributed by atoms with Crippen LogP contribution < -0.4 is 0 Å². The summed E-state index contributed by atoms with van der Waals surface area (Å²) in [4.78, 5) is 8.57. The highest BCUT2D eigenvalue weighted by atomic mass is 16.5. The van der Waals surface area contributed by atoms with Gasteiger partial charge in [-0.05, 0) is 11.8 Å². The third-order valence-corrected chi connectivity index (χ3v) is 3.43. The lowest BCUT2D eigenvalue weighted by atomic mass is 9.81. The largest absolute Gasteiger partial charge is 0.377 e. The highest BCUT2D eigenvalue weighted by molar-refractivity contribution is 5.40. The number of nitrogens with zero attached hydrogens (tertiary/aromatic N) is 4. The zero-order valence-electron chi connectivity index (χ0n) is 11.3. The molecule has 0 bridgehead atoms. The van der Waals surface area contributed by atoms with E-state index < -0.39 is 0 Å². The number of H-pyrrole nitrogens is 2. The predicted octanol–water partition coefficient (Wildman–Crippen LogP) is 1.51. The van der Waals surface area contributed by atoms with Crippen LogP contribution in [0.3, 0.4) is 0 Å². The lowest BCUT2D eigenvalue weighted by Gasteiger charge is -2.29. The van der Waals surface area contributed by atoms with E-state index >= 15 is 0 Å². The average molecular weight is 262 g/mol. The van der Waals surface area contributed by atoms with Crippen molar-refractivity contribution in [2.24, 2.45) is 5.41 Å². The van der Waals surface area contributed by atoms with Crippen LogP contribution >= 0.6 is 0 Å². The van der Waals surface area contributed by atoms with Gasteiger partial charge in [0.25, 0.3) is 0 Å². The molecular weight excluding hydrogens is 244 g/mol. The van der Waals surface area contributed by atoms with Crippen LogP contribution in [0.25, 0.3) is 11.6 Å². The first-order valence-corrected chi connectivity index (χ1v) is 6.45. The van der Waals surface area contributed by atoms with Crippen molar-refractivity contribution in [2.45, 2.75) is 39.2 Å². The zero-order chi connectivity index (χ0) is 13.5. The lowest BCUT2D eigenvalue weighted by Crippen LogP contribution is -2.30. The third-order valence-electron chi connectivity index (χ3n) is 3.43. The monoisotopic (exact) mass is 262 g/mol. The van der Waals surface area contributed by atoms with Crippen molar-refractivity contribution in [1.29, 1.82) is 0 Å². The van der Waals surface area contributed by atoms with Crippen molar-refractivity contribution in [3.05, 3.63) is 12.2 Å². The molecule has 0 amide bonds. The minimum atomic E-state index is 0.0837. The minimum Gasteiger partial charge on any atom is -0.377 e. The van der Waals surface area contributed by atoms with E-state index in [2.05, 4.69) is 51.1 Å². The van der Waals surface area contributed by atoms with Crippen molar-refractivity contribution in [3.63, 3.8) is 0 Å². The highest BCUT2D eigenvalue weighted by Gasteiger charge is 2.39. The molecular formula is C12H18N6O. The van der Waals surface area contributed by atoms with E-state index in [1.165, 1.54) is 6.33 Å². The van der Waals surface area contributed by atoms with Gasteiger partial charge in [0.05, 0.1) is 6.10 Å². The van der Waals surface area contributed by atoms with Crippen LogP contribution in [0.4, 0.5) is 0 Å². The van der Waals surface area contributed by atoms with Crippen LogP contribution in [-0.2, 0) is 4.74 Å². The minimum absolute atomic E-state index is 0.0837. The van der Waals surface area contributed by atoms with Gasteiger partial charge in [-0.15, -0.1) is 5.10 Å². The van der Waals surface area contributed by atoms with E-state index in [1.54, 1.807) is 0 Å². The second kappa shape index (κ2) is 4.41. The normalized spacial score (nSPS) is 23.9. The van der Waals surface area contributed by atoms with E-state index in [9.17, 15) is 0 Å². The molecule has 1 aliphatic heterocycles. The average Bonchev–Trinajstić information content (AvgIpc) is 3.09. The van der Waals surface area contributed by atoms with Crippen LogP contribution in [0.2, 0.25) is 0 Å². The fourth-order valence-electron chi connectivity index (χ4n) is 2.58. The van der Waals surface area contributed by atoms with E-state index in [0.29, 0.717) is 11.6 Å². The molecule has 0 spiro atoms. The fraction of sp³-hybridized carbons (Fsp3) is 0.667. The van der Waals surface area contributed by atoms with Crippen LogP contribution in [0, 0.1) is 5.41 Å². The van der Waals surface area contributed by atoms with Crippen LogP contribution in [0.1, 0.15) is 38.9 Å². The molecule has 2 aromatic rings. The maximum absolute atomic E-state index is 5.86. The molecule has 0 unspecified atom stereocenters. The summed E-state index contributed by atoms with van der Waals surface area (Å²) in [5, 5.41) is 13.8. The van der Waals surface area contributed by atoms with Crippen molar-refractivity contribution in [1.82, 2.24) is 30.4 Å². The Kier molecular flexibility index (Phi) is 2.85. The maximum atomic E-state index is 5.86. The SMILES string of the molecule is CC(C)(C)[C@@H]1OCC[C@H]1c1nc(-c2ncn[nH]2)n[nH]1. The first kappa shape index (κ1) is 12.3. The molecule has 19 heavy (non-hydrogen) atoms. The summed E-state index contributed by atoms with van der Waals surface area (Å²) in [5.74, 6) is 2.24. The second-order valence-corrected chi connectivity index (χ2v) is 5.93. The van der Waals surface area contributed by atoms with Crippen molar-refractivity contribution in [2.75, 3.05) is 6.61 Å². The van der Waals surface area contributed by atoms with Gasteiger partial charge in [-0.25, -0.2) is 9.97 Å². The van der Waals surface area contributed by atoms with Crippen molar-refractivity contribution < 1.29 is 4.74 Å². The molecule has 0 radical (unpaired) electrons. The molecule has 102 valence electrons. The van der Waals surface area contributed by atoms with Crippen molar-refractivity contribution in [3.8, 4) is 11.6 Å². The molecule has 2 atom stereocenters. The number of rotatable bonds is 2. The first-order chi connectivity index (χ1) is 9.05. The molecule has 2 aromatic heterocycles. The Bertz CT molecular complexity index is 541. The topological polar surface area (TPSA) is 92.4 Å². The number of aromatic nitrogens is 6. The highest BCUT2D eigenvalue weighted by Crippen LogP contribution is 2.39. The Labute approximate surface area is 111 Å². The summed E-state index contributed by atoms with van der Waals surface area (Å²) < 4.78 is 5.86. The summed E-state index contributed by atoms with van der Waals surface area (Å²) in [5.41, 5.74) is 0.0837. The van der Waals surface area contributed by atoms with Gasteiger partial charge in [-0.2, -0.15) is 5.10 Å². The van der Waals surface area contributed by atoms with E-state index in [-0.39, 0.29) is 17.4 Å². The Morgan fingerprint density at radius 2 is 2.16 bits per heavy atom. The van der Waals surface area contributed by atoms with E-state index in [4.69, 9.17) is 4.74 Å². The Balaban J connectivity index is 1.87. The summed E-state index contributed by atoms with van der Waals surface area (Å²) >= 11 is 0. The van der Waals surface area contributed by atoms with E-state index in [1.807, 2.05) is 0 Å². The second-order valence-electron chi connectivity index (χ2n) is 5.93. The Morgan fingerprint density at radius 3 is 2.84 bits per heavy atom. The molecule has 0 saturated carbocycles. The molecule has 2 N–H and O–H groups in total. The van der Waals surface area contributed by atoms with Crippen LogP contribution in [-0.4, -0.2) is 43.1 Å². The third kappa shape index (κ3) is 2.25. The first-order valence-electron chi connectivity index (χ1n) is 6.45. The molecule has 1 saturated heterocycles. The van der Waals surface area contributed by atoms with Gasteiger partial charge in [0.2, 0.25) is 5.82 Å². The number of hydrogen-bond acceptors (Lipinski definition) is 5. The number of nitrogens with one attached hydrogen (secondary N) is 2. The molecule has 7 heteroatoms. The van der Waals surface area contributed by atoms with Gasteiger partial charge in [-0.3, -0.25) is 10.2 Å². The Hall–Kier alpha value is -1.76. The quantitative estimate of drug-likeness (QED) is 0.855. The van der Waals surface area contributed by atoms with Crippen molar-refractivity contribution >= 4 is 0 Å². The molecule has 3 rings (SSSR count). The summed E-state index contributed by atoms with van der Waals surface area (Å²) in [6, 6.07) is 0. The molecule has 7 nitrogen and oxygen atoms in total. The zero-order valence-corrected chi connectivity index (χ0v) is 11.3. The summed E-state index contributed by atoms with van der Waals surface area (Å²) in [6.07, 6.45) is 2.57. The van der Waals surface area contributed by atoms with Crippen LogP contribution in [0.15, 0.2) is 6.33 Å². The van der Waals surface area contributed by atoms with Crippen LogP contribution in [0.5, 0.6) is 0 Å². The van der Waals surface area contributed by atoms with Gasteiger partial charge < -0.3 is 4.74 Å². The van der Waals surface area contributed by atoms with Gasteiger partial charge >= 0.3 is 0 Å².